The number of rotatable bonds is 5. The number of ether oxygens (including phenoxy) is 1. The Labute approximate surface area is 95.8 Å². The number of benzene rings is 1. The Morgan fingerprint density at radius 1 is 1.47 bits per heavy atom. The fourth-order valence-electron chi connectivity index (χ4n) is 1.42. The Bertz CT molecular complexity index is 312. The molecular weight excluding hydrogens is 212 g/mol. The molecule has 1 rings (SSSR count). The summed E-state index contributed by atoms with van der Waals surface area (Å²) in [5, 5.41) is 9.48. The van der Waals surface area contributed by atoms with Crippen molar-refractivity contribution in [2.75, 3.05) is 0 Å². The van der Waals surface area contributed by atoms with Gasteiger partial charge in [-0.2, -0.15) is 0 Å². The Morgan fingerprint density at radius 3 is 2.73 bits per heavy atom. The van der Waals surface area contributed by atoms with Crippen LogP contribution >= 0.6 is 11.6 Å². The third-order valence-electron chi connectivity index (χ3n) is 2.20. The van der Waals surface area contributed by atoms with Gasteiger partial charge in [-0.15, -0.1) is 0 Å². The molecule has 0 fully saturated rings. The molecular formula is C12H17ClO2. The highest BCUT2D eigenvalue weighted by Gasteiger charge is 2.07. The number of hydrogen-bond donors (Lipinski definition) is 1. The summed E-state index contributed by atoms with van der Waals surface area (Å²) in [4.78, 5) is 0. The molecule has 0 heterocycles. The maximum atomic E-state index is 8.92. The molecule has 15 heavy (non-hydrogen) atoms. The molecule has 1 N–H and O–H groups in total. The summed E-state index contributed by atoms with van der Waals surface area (Å²) in [7, 11) is 0. The lowest BCUT2D eigenvalue weighted by Gasteiger charge is -2.15. The quantitative estimate of drug-likeness (QED) is 0.837. The van der Waals surface area contributed by atoms with Crippen LogP contribution in [0, 0.1) is 0 Å². The maximum Gasteiger partial charge on any atom is 0.138 e. The van der Waals surface area contributed by atoms with Crippen LogP contribution in [-0.2, 0) is 6.61 Å². The van der Waals surface area contributed by atoms with Crippen LogP contribution in [0.15, 0.2) is 18.2 Å². The van der Waals surface area contributed by atoms with Crippen LogP contribution in [0.25, 0.3) is 0 Å². The molecule has 1 aromatic rings. The molecule has 84 valence electrons. The molecule has 0 saturated heterocycles. The van der Waals surface area contributed by atoms with Crippen LogP contribution in [-0.4, -0.2) is 11.2 Å². The molecule has 0 aromatic heterocycles. The number of aliphatic hydroxyl groups excluding tert-OH is 1. The Balaban J connectivity index is 2.69. The summed E-state index contributed by atoms with van der Waals surface area (Å²) in [6.07, 6.45) is 2.28. The zero-order valence-corrected chi connectivity index (χ0v) is 9.92. The van der Waals surface area contributed by atoms with Crippen molar-refractivity contribution in [3.8, 4) is 5.75 Å². The summed E-state index contributed by atoms with van der Waals surface area (Å²) in [5.74, 6) is 0.690. The second kappa shape index (κ2) is 5.99. The van der Waals surface area contributed by atoms with Gasteiger partial charge >= 0.3 is 0 Å². The van der Waals surface area contributed by atoms with Crippen LogP contribution in [0.2, 0.25) is 5.02 Å². The van der Waals surface area contributed by atoms with E-state index in [2.05, 4.69) is 6.92 Å². The van der Waals surface area contributed by atoms with E-state index >= 15 is 0 Å². The second-order valence-corrected chi connectivity index (χ2v) is 4.05. The molecule has 0 radical (unpaired) electrons. The van der Waals surface area contributed by atoms with Gasteiger partial charge < -0.3 is 9.84 Å². The standard InChI is InChI=1S/C12H17ClO2/c1-3-4-9(2)15-12-6-5-10(8-14)7-11(12)13/h5-7,9,14H,3-4,8H2,1-2H3. The smallest absolute Gasteiger partial charge is 0.138 e. The Kier molecular flexibility index (Phi) is 4.92. The van der Waals surface area contributed by atoms with E-state index in [9.17, 15) is 0 Å². The topological polar surface area (TPSA) is 29.5 Å². The highest BCUT2D eigenvalue weighted by Crippen LogP contribution is 2.26. The second-order valence-electron chi connectivity index (χ2n) is 3.64. The lowest BCUT2D eigenvalue weighted by molar-refractivity contribution is 0.210. The minimum atomic E-state index is 0.00448. The van der Waals surface area contributed by atoms with Crippen LogP contribution in [0.1, 0.15) is 32.3 Å². The van der Waals surface area contributed by atoms with E-state index in [0.717, 1.165) is 18.4 Å². The Hall–Kier alpha value is -0.730. The predicted octanol–water partition coefficient (Wildman–Crippen LogP) is 3.40. The zero-order valence-electron chi connectivity index (χ0n) is 9.16. The van der Waals surface area contributed by atoms with Crippen molar-refractivity contribution < 1.29 is 9.84 Å². The van der Waals surface area contributed by atoms with Gasteiger partial charge in [-0.3, -0.25) is 0 Å². The summed E-state index contributed by atoms with van der Waals surface area (Å²) in [6.45, 7) is 4.15. The molecule has 1 unspecified atom stereocenters. The van der Waals surface area contributed by atoms with Gasteiger partial charge in [-0.05, 0) is 31.0 Å². The van der Waals surface area contributed by atoms with Crippen molar-refractivity contribution in [3.63, 3.8) is 0 Å². The average Bonchev–Trinajstić information content (AvgIpc) is 2.21. The lowest BCUT2D eigenvalue weighted by atomic mass is 10.2. The van der Waals surface area contributed by atoms with Gasteiger partial charge in [0.05, 0.1) is 17.7 Å². The first-order valence-electron chi connectivity index (χ1n) is 5.23. The fourth-order valence-corrected chi connectivity index (χ4v) is 1.67. The minimum absolute atomic E-state index is 0.00448. The monoisotopic (exact) mass is 228 g/mol. The molecule has 0 spiro atoms. The van der Waals surface area contributed by atoms with Gasteiger partial charge in [0.1, 0.15) is 5.75 Å². The molecule has 0 aliphatic heterocycles. The minimum Gasteiger partial charge on any atom is -0.489 e. The van der Waals surface area contributed by atoms with E-state index in [1.807, 2.05) is 13.0 Å². The predicted molar refractivity (Wildman–Crippen MR) is 62.4 cm³/mol. The number of hydrogen-bond acceptors (Lipinski definition) is 2. The third kappa shape index (κ3) is 3.73. The highest BCUT2D eigenvalue weighted by atomic mass is 35.5. The summed E-state index contributed by atoms with van der Waals surface area (Å²) in [6, 6.07) is 5.36. The molecule has 0 aliphatic carbocycles. The van der Waals surface area contributed by atoms with Gasteiger partial charge in [-0.1, -0.05) is 31.0 Å². The zero-order chi connectivity index (χ0) is 11.3. The van der Waals surface area contributed by atoms with Gasteiger partial charge in [0.15, 0.2) is 0 Å². The molecule has 3 heteroatoms. The van der Waals surface area contributed by atoms with E-state index in [4.69, 9.17) is 21.4 Å². The van der Waals surface area contributed by atoms with Crippen molar-refractivity contribution in [3.05, 3.63) is 28.8 Å². The SMILES string of the molecule is CCCC(C)Oc1ccc(CO)cc1Cl. The third-order valence-corrected chi connectivity index (χ3v) is 2.50. The molecule has 0 aliphatic rings. The van der Waals surface area contributed by atoms with E-state index < -0.39 is 0 Å². The first-order valence-corrected chi connectivity index (χ1v) is 5.61. The van der Waals surface area contributed by atoms with Crippen LogP contribution in [0.4, 0.5) is 0 Å². The van der Waals surface area contributed by atoms with Crippen molar-refractivity contribution in [1.29, 1.82) is 0 Å². The van der Waals surface area contributed by atoms with Crippen molar-refractivity contribution in [1.82, 2.24) is 0 Å². The van der Waals surface area contributed by atoms with E-state index in [1.165, 1.54) is 0 Å². The fraction of sp³-hybridized carbons (Fsp3) is 0.500. The van der Waals surface area contributed by atoms with Crippen LogP contribution < -0.4 is 4.74 Å². The number of halogens is 1. The molecule has 0 amide bonds. The normalized spacial score (nSPS) is 12.5. The summed E-state index contributed by atoms with van der Waals surface area (Å²) in [5.41, 5.74) is 0.801. The van der Waals surface area contributed by atoms with Gasteiger partial charge in [-0.25, -0.2) is 0 Å². The first kappa shape index (κ1) is 12.3. The number of aliphatic hydroxyl groups is 1. The van der Waals surface area contributed by atoms with Crippen molar-refractivity contribution in [2.45, 2.75) is 39.4 Å². The first-order chi connectivity index (χ1) is 7.17. The van der Waals surface area contributed by atoms with Crippen molar-refractivity contribution in [2.24, 2.45) is 0 Å². The van der Waals surface area contributed by atoms with Gasteiger partial charge in [0, 0.05) is 0 Å². The average molecular weight is 229 g/mol. The molecule has 1 atom stereocenters. The van der Waals surface area contributed by atoms with Crippen LogP contribution in [0.3, 0.4) is 0 Å². The lowest BCUT2D eigenvalue weighted by Crippen LogP contribution is -2.11. The molecule has 2 nitrogen and oxygen atoms in total. The van der Waals surface area contributed by atoms with Gasteiger partial charge in [0.25, 0.3) is 0 Å². The Morgan fingerprint density at radius 2 is 2.20 bits per heavy atom. The van der Waals surface area contributed by atoms with Gasteiger partial charge in [0.2, 0.25) is 0 Å². The molecule has 0 saturated carbocycles. The molecule has 1 aromatic carbocycles. The summed E-state index contributed by atoms with van der Waals surface area (Å²) >= 11 is 6.02. The van der Waals surface area contributed by atoms with Crippen molar-refractivity contribution >= 4 is 11.6 Å². The largest absolute Gasteiger partial charge is 0.489 e. The van der Waals surface area contributed by atoms with E-state index in [0.29, 0.717) is 10.8 Å². The maximum absolute atomic E-state index is 8.92. The molecule has 0 bridgehead atoms. The van der Waals surface area contributed by atoms with E-state index in [1.54, 1.807) is 12.1 Å². The van der Waals surface area contributed by atoms with Crippen LogP contribution in [0.5, 0.6) is 5.75 Å². The van der Waals surface area contributed by atoms with E-state index in [-0.39, 0.29) is 12.7 Å². The highest BCUT2D eigenvalue weighted by molar-refractivity contribution is 6.32. The summed E-state index contributed by atoms with van der Waals surface area (Å²) < 4.78 is 5.67.